The van der Waals surface area contributed by atoms with Crippen LogP contribution < -0.4 is 4.72 Å². The number of carbonyl (C=O) groups is 1. The summed E-state index contributed by atoms with van der Waals surface area (Å²) in [5.74, 6) is -0.661. The van der Waals surface area contributed by atoms with Crippen LogP contribution in [0.1, 0.15) is 26.7 Å². The zero-order valence-corrected chi connectivity index (χ0v) is 14.3. The summed E-state index contributed by atoms with van der Waals surface area (Å²) in [7, 11) is -2.81. The minimum Gasteiger partial charge on any atom is -0.468 e. The van der Waals surface area contributed by atoms with E-state index in [9.17, 15) is 13.2 Å². The number of methoxy groups -OCH3 is 1. The number of esters is 1. The molecule has 0 aliphatic heterocycles. The van der Waals surface area contributed by atoms with E-state index in [1.807, 2.05) is 6.92 Å². The average Bonchev–Trinajstić information content (AvgIpc) is 2.40. The van der Waals surface area contributed by atoms with Crippen molar-refractivity contribution in [3.05, 3.63) is 28.2 Å². The SMILES string of the molecule is CCCC(C)(NS(=O)(=O)c1cccc(Cl)c1Cl)C(=O)OC. The van der Waals surface area contributed by atoms with Crippen molar-refractivity contribution in [1.82, 2.24) is 4.72 Å². The second kappa shape index (κ2) is 6.96. The number of carbonyl (C=O) groups excluding carboxylic acids is 1. The van der Waals surface area contributed by atoms with Gasteiger partial charge in [-0.25, -0.2) is 8.42 Å². The summed E-state index contributed by atoms with van der Waals surface area (Å²) < 4.78 is 31.9. The van der Waals surface area contributed by atoms with Crippen molar-refractivity contribution in [3.63, 3.8) is 0 Å². The molecule has 0 fully saturated rings. The Labute approximate surface area is 134 Å². The van der Waals surface area contributed by atoms with E-state index in [1.54, 1.807) is 0 Å². The quantitative estimate of drug-likeness (QED) is 0.797. The highest BCUT2D eigenvalue weighted by atomic mass is 35.5. The van der Waals surface area contributed by atoms with Crippen LogP contribution in [-0.2, 0) is 19.6 Å². The number of halogens is 2. The number of benzene rings is 1. The molecule has 0 aromatic heterocycles. The van der Waals surface area contributed by atoms with Gasteiger partial charge in [0.05, 0.1) is 17.2 Å². The number of nitrogens with one attached hydrogen (secondary N) is 1. The number of hydrogen-bond acceptors (Lipinski definition) is 4. The van der Waals surface area contributed by atoms with Crippen LogP contribution in [0.15, 0.2) is 23.1 Å². The molecule has 1 N–H and O–H groups in total. The summed E-state index contributed by atoms with van der Waals surface area (Å²) in [6, 6.07) is 4.27. The highest BCUT2D eigenvalue weighted by molar-refractivity contribution is 7.89. The second-order valence-corrected chi connectivity index (χ2v) is 7.17. The van der Waals surface area contributed by atoms with E-state index in [-0.39, 0.29) is 21.4 Å². The maximum Gasteiger partial charge on any atom is 0.326 e. The van der Waals surface area contributed by atoms with Crippen LogP contribution in [0.4, 0.5) is 0 Å². The number of hydrogen-bond donors (Lipinski definition) is 1. The van der Waals surface area contributed by atoms with Crippen molar-refractivity contribution in [2.24, 2.45) is 0 Å². The molecule has 0 aliphatic rings. The van der Waals surface area contributed by atoms with Crippen LogP contribution in [0.25, 0.3) is 0 Å². The van der Waals surface area contributed by atoms with E-state index >= 15 is 0 Å². The van der Waals surface area contributed by atoms with Gasteiger partial charge in [0.25, 0.3) is 0 Å². The van der Waals surface area contributed by atoms with Gasteiger partial charge in [-0.15, -0.1) is 0 Å². The van der Waals surface area contributed by atoms with Gasteiger partial charge in [-0.05, 0) is 25.5 Å². The van der Waals surface area contributed by atoms with Gasteiger partial charge in [-0.2, -0.15) is 4.72 Å². The molecule has 1 atom stereocenters. The molecular weight excluding hydrogens is 337 g/mol. The van der Waals surface area contributed by atoms with Crippen LogP contribution >= 0.6 is 23.2 Å². The zero-order valence-electron chi connectivity index (χ0n) is 11.9. The van der Waals surface area contributed by atoms with Gasteiger partial charge in [0, 0.05) is 0 Å². The topological polar surface area (TPSA) is 72.5 Å². The first-order chi connectivity index (χ1) is 9.68. The molecule has 0 saturated heterocycles. The predicted molar refractivity (Wildman–Crippen MR) is 82.1 cm³/mol. The van der Waals surface area contributed by atoms with Crippen molar-refractivity contribution >= 4 is 39.2 Å². The Kier molecular flexibility index (Phi) is 6.04. The summed E-state index contributed by atoms with van der Waals surface area (Å²) in [4.78, 5) is 11.7. The van der Waals surface area contributed by atoms with Crippen LogP contribution in [0, 0.1) is 0 Å². The van der Waals surface area contributed by atoms with Gasteiger partial charge in [0.1, 0.15) is 10.4 Å². The molecule has 118 valence electrons. The first kappa shape index (κ1) is 18.2. The molecule has 0 amide bonds. The normalized spacial score (nSPS) is 14.5. The van der Waals surface area contributed by atoms with E-state index in [4.69, 9.17) is 23.2 Å². The Hall–Kier alpha value is -0.820. The molecule has 0 saturated carbocycles. The Bertz CT molecular complexity index is 633. The lowest BCUT2D eigenvalue weighted by Crippen LogP contribution is -2.52. The maximum atomic E-state index is 12.5. The number of sulfonamides is 1. The number of rotatable bonds is 6. The summed E-state index contributed by atoms with van der Waals surface area (Å²) >= 11 is 11.8. The van der Waals surface area contributed by atoms with Gasteiger partial charge < -0.3 is 4.74 Å². The smallest absolute Gasteiger partial charge is 0.326 e. The van der Waals surface area contributed by atoms with Gasteiger partial charge in [0.2, 0.25) is 10.0 Å². The molecule has 0 radical (unpaired) electrons. The summed E-state index contributed by atoms with van der Waals surface area (Å²) in [5, 5.41) is 0.0326. The second-order valence-electron chi connectivity index (χ2n) is 4.73. The van der Waals surface area contributed by atoms with Crippen LogP contribution in [0.3, 0.4) is 0 Å². The molecule has 5 nitrogen and oxygen atoms in total. The highest BCUT2D eigenvalue weighted by Gasteiger charge is 2.38. The molecule has 1 rings (SSSR count). The van der Waals surface area contributed by atoms with Crippen molar-refractivity contribution in [2.75, 3.05) is 7.11 Å². The molecular formula is C13H17Cl2NO4S. The summed E-state index contributed by atoms with van der Waals surface area (Å²) in [6.07, 6.45) is 0.883. The third-order valence-electron chi connectivity index (χ3n) is 2.95. The van der Waals surface area contributed by atoms with E-state index in [0.29, 0.717) is 6.42 Å². The monoisotopic (exact) mass is 353 g/mol. The van der Waals surface area contributed by atoms with E-state index in [2.05, 4.69) is 9.46 Å². The first-order valence-electron chi connectivity index (χ1n) is 6.24. The van der Waals surface area contributed by atoms with E-state index in [0.717, 1.165) is 0 Å². The summed E-state index contributed by atoms with van der Waals surface area (Å²) in [6.45, 7) is 3.31. The van der Waals surface area contributed by atoms with Crippen molar-refractivity contribution in [2.45, 2.75) is 37.1 Å². The first-order valence-corrected chi connectivity index (χ1v) is 8.48. The van der Waals surface area contributed by atoms with Gasteiger partial charge in [0.15, 0.2) is 0 Å². The Balaban J connectivity index is 3.24. The fourth-order valence-electron chi connectivity index (χ4n) is 1.96. The predicted octanol–water partition coefficient (Wildman–Crippen LogP) is 3.00. The van der Waals surface area contributed by atoms with Crippen molar-refractivity contribution in [1.29, 1.82) is 0 Å². The molecule has 1 aromatic rings. The molecule has 0 bridgehead atoms. The Morgan fingerprint density at radius 3 is 2.52 bits per heavy atom. The number of ether oxygens (including phenoxy) is 1. The Morgan fingerprint density at radius 2 is 2.00 bits per heavy atom. The van der Waals surface area contributed by atoms with Crippen LogP contribution in [-0.4, -0.2) is 27.0 Å². The summed E-state index contributed by atoms with van der Waals surface area (Å²) in [5.41, 5.74) is -1.37. The average molecular weight is 354 g/mol. The molecule has 21 heavy (non-hydrogen) atoms. The molecule has 1 aromatic carbocycles. The molecule has 0 spiro atoms. The molecule has 0 heterocycles. The standard InChI is InChI=1S/C13H17Cl2NO4S/c1-4-8-13(2,12(17)20-3)16-21(18,19)10-7-5-6-9(14)11(10)15/h5-7,16H,4,8H2,1-3H3. The molecule has 0 aliphatic carbocycles. The van der Waals surface area contributed by atoms with Crippen LogP contribution in [0.2, 0.25) is 10.0 Å². The zero-order chi connectivity index (χ0) is 16.3. The molecule has 1 unspecified atom stereocenters. The van der Waals surface area contributed by atoms with Crippen LogP contribution in [0.5, 0.6) is 0 Å². The van der Waals surface area contributed by atoms with Crippen molar-refractivity contribution in [3.8, 4) is 0 Å². The fraction of sp³-hybridized carbons (Fsp3) is 0.462. The lowest BCUT2D eigenvalue weighted by molar-refractivity contribution is -0.147. The lowest BCUT2D eigenvalue weighted by Gasteiger charge is -2.27. The minimum atomic E-state index is -4.02. The fourth-order valence-corrected chi connectivity index (χ4v) is 4.12. The molecule has 8 heteroatoms. The minimum absolute atomic E-state index is 0.0876. The Morgan fingerprint density at radius 1 is 1.38 bits per heavy atom. The van der Waals surface area contributed by atoms with E-state index < -0.39 is 21.5 Å². The van der Waals surface area contributed by atoms with E-state index in [1.165, 1.54) is 32.2 Å². The van der Waals surface area contributed by atoms with Gasteiger partial charge >= 0.3 is 5.97 Å². The maximum absolute atomic E-state index is 12.5. The lowest BCUT2D eigenvalue weighted by atomic mass is 9.98. The largest absolute Gasteiger partial charge is 0.468 e. The van der Waals surface area contributed by atoms with Crippen molar-refractivity contribution < 1.29 is 17.9 Å². The third-order valence-corrected chi connectivity index (χ3v) is 5.52. The van der Waals surface area contributed by atoms with Gasteiger partial charge in [-0.3, -0.25) is 4.79 Å². The highest BCUT2D eigenvalue weighted by Crippen LogP contribution is 2.30. The van der Waals surface area contributed by atoms with Gasteiger partial charge in [-0.1, -0.05) is 42.6 Å². The third kappa shape index (κ3) is 4.10.